The van der Waals surface area contributed by atoms with Crippen molar-refractivity contribution < 1.29 is 28.6 Å². The maximum atomic E-state index is 12.9. The second-order valence-electron chi connectivity index (χ2n) is 9.05. The Morgan fingerprint density at radius 1 is 1.06 bits per heavy atom. The summed E-state index contributed by atoms with van der Waals surface area (Å²) in [6, 6.07) is 5.39. The highest BCUT2D eigenvalue weighted by molar-refractivity contribution is 6.00. The van der Waals surface area contributed by atoms with Gasteiger partial charge in [0.15, 0.2) is 0 Å². The number of carboxylic acids is 1. The van der Waals surface area contributed by atoms with E-state index in [4.69, 9.17) is 8.83 Å². The third-order valence-corrected chi connectivity index (χ3v) is 6.68. The molecule has 184 valence electrons. The highest BCUT2D eigenvalue weighted by Gasteiger charge is 2.24. The molecule has 9 heteroatoms. The molecule has 5 aromatic rings. The minimum absolute atomic E-state index is 0.00716. The van der Waals surface area contributed by atoms with Gasteiger partial charge in [-0.3, -0.25) is 4.79 Å². The first-order valence-electron chi connectivity index (χ1n) is 11.4. The fourth-order valence-electron chi connectivity index (χ4n) is 4.68. The number of aromatic amines is 1. The van der Waals surface area contributed by atoms with Crippen molar-refractivity contribution in [2.75, 3.05) is 0 Å². The molecule has 0 unspecified atom stereocenters. The SMILES string of the molecule is Cc1coc2c(C)c3oc(=O)c(CC(=O)N[C@@H](Cc4c[nH]c5ccc(O)cc45)C(=O)O)c(C)c3cc12. The van der Waals surface area contributed by atoms with E-state index in [-0.39, 0.29) is 24.2 Å². The van der Waals surface area contributed by atoms with Crippen LogP contribution in [0.5, 0.6) is 5.75 Å². The highest BCUT2D eigenvalue weighted by atomic mass is 16.4. The number of carboxylic acid groups (broad SMARTS) is 1. The lowest BCUT2D eigenvalue weighted by atomic mass is 9.98. The van der Waals surface area contributed by atoms with Gasteiger partial charge in [-0.1, -0.05) is 0 Å². The van der Waals surface area contributed by atoms with Gasteiger partial charge in [0.1, 0.15) is 23.0 Å². The first kappa shape index (κ1) is 23.2. The van der Waals surface area contributed by atoms with Crippen molar-refractivity contribution in [2.24, 2.45) is 0 Å². The monoisotopic (exact) mass is 488 g/mol. The van der Waals surface area contributed by atoms with Crippen LogP contribution in [0.3, 0.4) is 0 Å². The Bertz CT molecular complexity index is 1740. The Balaban J connectivity index is 1.44. The second kappa shape index (κ2) is 8.60. The van der Waals surface area contributed by atoms with Crippen molar-refractivity contribution in [1.29, 1.82) is 0 Å². The second-order valence-corrected chi connectivity index (χ2v) is 9.05. The quantitative estimate of drug-likeness (QED) is 0.264. The number of amides is 1. The summed E-state index contributed by atoms with van der Waals surface area (Å²) in [5.41, 5.74) is 4.15. The Hall–Kier alpha value is -4.53. The number of aromatic hydroxyl groups is 1. The van der Waals surface area contributed by atoms with Crippen molar-refractivity contribution in [2.45, 2.75) is 39.7 Å². The predicted octanol–water partition coefficient (Wildman–Crippen LogP) is 4.01. The topological polar surface area (TPSA) is 146 Å². The van der Waals surface area contributed by atoms with Gasteiger partial charge >= 0.3 is 11.6 Å². The van der Waals surface area contributed by atoms with Crippen molar-refractivity contribution in [1.82, 2.24) is 10.3 Å². The number of H-pyrrole nitrogens is 1. The molecule has 5 rings (SSSR count). The van der Waals surface area contributed by atoms with E-state index in [0.717, 1.165) is 16.5 Å². The number of benzene rings is 2. The summed E-state index contributed by atoms with van der Waals surface area (Å²) in [5.74, 6) is -1.78. The number of fused-ring (bicyclic) bond motifs is 3. The molecular formula is C27H24N2O7. The molecule has 36 heavy (non-hydrogen) atoms. The number of hydrogen-bond donors (Lipinski definition) is 4. The molecule has 0 fully saturated rings. The van der Waals surface area contributed by atoms with Gasteiger partial charge in [0.2, 0.25) is 5.91 Å². The zero-order valence-electron chi connectivity index (χ0n) is 19.9. The van der Waals surface area contributed by atoms with Gasteiger partial charge in [-0.05, 0) is 61.7 Å². The van der Waals surface area contributed by atoms with Crippen LogP contribution in [0.25, 0.3) is 32.8 Å². The molecule has 0 aliphatic heterocycles. The van der Waals surface area contributed by atoms with E-state index in [0.29, 0.717) is 38.6 Å². The van der Waals surface area contributed by atoms with Crippen molar-refractivity contribution >= 4 is 44.7 Å². The fourth-order valence-corrected chi connectivity index (χ4v) is 4.68. The molecule has 0 saturated heterocycles. The standard InChI is InChI=1S/C27H24N2O7/c1-12-11-35-24-14(3)25-18(8-17(12)24)13(2)19(27(34)36-25)9-23(31)29-22(26(32)33)6-15-10-28-21-5-4-16(30)7-20(15)21/h4-5,7-8,10-11,22,28,30H,6,9H2,1-3H3,(H,29,31)(H,32,33)/t22-/m0/s1. The molecule has 0 radical (unpaired) electrons. The molecule has 3 heterocycles. The van der Waals surface area contributed by atoms with E-state index in [1.54, 1.807) is 25.5 Å². The number of aryl methyl sites for hydroxylation is 3. The van der Waals surface area contributed by atoms with Gasteiger partial charge in [0.05, 0.1) is 18.2 Å². The van der Waals surface area contributed by atoms with Gasteiger partial charge in [-0.25, -0.2) is 9.59 Å². The number of aliphatic carboxylic acids is 1. The van der Waals surface area contributed by atoms with Crippen LogP contribution < -0.4 is 10.9 Å². The summed E-state index contributed by atoms with van der Waals surface area (Å²) in [7, 11) is 0. The van der Waals surface area contributed by atoms with Crippen LogP contribution in [0, 0.1) is 20.8 Å². The van der Waals surface area contributed by atoms with Gasteiger partial charge < -0.3 is 29.3 Å². The van der Waals surface area contributed by atoms with Gasteiger partial charge in [-0.2, -0.15) is 0 Å². The number of rotatable bonds is 6. The zero-order valence-corrected chi connectivity index (χ0v) is 19.9. The summed E-state index contributed by atoms with van der Waals surface area (Å²) in [6.45, 7) is 5.47. The lowest BCUT2D eigenvalue weighted by Gasteiger charge is -2.15. The van der Waals surface area contributed by atoms with Crippen LogP contribution in [0.15, 0.2) is 50.4 Å². The van der Waals surface area contributed by atoms with E-state index >= 15 is 0 Å². The summed E-state index contributed by atoms with van der Waals surface area (Å²) in [6.07, 6.45) is 2.95. The maximum absolute atomic E-state index is 12.9. The summed E-state index contributed by atoms with van der Waals surface area (Å²) in [4.78, 5) is 40.7. The van der Waals surface area contributed by atoms with Crippen LogP contribution in [-0.4, -0.2) is 33.1 Å². The molecule has 9 nitrogen and oxygen atoms in total. The molecule has 1 amide bonds. The lowest BCUT2D eigenvalue weighted by molar-refractivity contribution is -0.141. The number of aromatic nitrogens is 1. The molecule has 0 spiro atoms. The van der Waals surface area contributed by atoms with Gasteiger partial charge in [0, 0.05) is 39.9 Å². The van der Waals surface area contributed by atoms with E-state index in [1.807, 2.05) is 19.9 Å². The predicted molar refractivity (Wildman–Crippen MR) is 133 cm³/mol. The van der Waals surface area contributed by atoms with Crippen molar-refractivity contribution in [3.63, 3.8) is 0 Å². The first-order valence-corrected chi connectivity index (χ1v) is 11.4. The molecule has 0 bridgehead atoms. The number of nitrogens with one attached hydrogen (secondary N) is 2. The van der Waals surface area contributed by atoms with Crippen LogP contribution in [0.4, 0.5) is 0 Å². The normalized spacial score (nSPS) is 12.4. The van der Waals surface area contributed by atoms with E-state index in [9.17, 15) is 24.6 Å². The summed E-state index contributed by atoms with van der Waals surface area (Å²) in [5, 5.41) is 24.3. The molecule has 3 aromatic heterocycles. The van der Waals surface area contributed by atoms with Gasteiger partial charge in [-0.15, -0.1) is 0 Å². The van der Waals surface area contributed by atoms with Gasteiger partial charge in [0.25, 0.3) is 0 Å². The third-order valence-electron chi connectivity index (χ3n) is 6.68. The molecular weight excluding hydrogens is 464 g/mol. The first-order chi connectivity index (χ1) is 17.1. The molecule has 4 N–H and O–H groups in total. The fraction of sp³-hybridized carbons (Fsp3) is 0.222. The molecule has 1 atom stereocenters. The molecule has 0 aliphatic rings. The Labute approximate surface area is 204 Å². The van der Waals surface area contributed by atoms with Crippen molar-refractivity contribution in [3.05, 3.63) is 75.0 Å². The number of carbonyl (C=O) groups is 2. The van der Waals surface area contributed by atoms with Crippen molar-refractivity contribution in [3.8, 4) is 5.75 Å². The Kier molecular flexibility index (Phi) is 5.55. The Morgan fingerprint density at radius 3 is 2.58 bits per heavy atom. The molecule has 0 saturated carbocycles. The van der Waals surface area contributed by atoms with Crippen LogP contribution in [0.2, 0.25) is 0 Å². The van der Waals surface area contributed by atoms with E-state index < -0.39 is 23.5 Å². The van der Waals surface area contributed by atoms with E-state index in [1.165, 1.54) is 12.1 Å². The number of phenolic OH excluding ortho intramolecular Hbond substituents is 1. The summed E-state index contributed by atoms with van der Waals surface area (Å²) >= 11 is 0. The minimum atomic E-state index is -1.23. The lowest BCUT2D eigenvalue weighted by Crippen LogP contribution is -2.43. The van der Waals surface area contributed by atoms with E-state index in [2.05, 4.69) is 10.3 Å². The van der Waals surface area contributed by atoms with Crippen LogP contribution >= 0.6 is 0 Å². The average Bonchev–Trinajstić information content (AvgIpc) is 3.40. The number of furan rings is 1. The third kappa shape index (κ3) is 3.88. The van der Waals surface area contributed by atoms with Crippen LogP contribution in [0.1, 0.15) is 27.8 Å². The molecule has 2 aromatic carbocycles. The smallest absolute Gasteiger partial charge is 0.340 e. The van der Waals surface area contributed by atoms with Crippen LogP contribution in [-0.2, 0) is 22.4 Å². The minimum Gasteiger partial charge on any atom is -0.508 e. The highest BCUT2D eigenvalue weighted by Crippen LogP contribution is 2.32. The number of hydrogen-bond acceptors (Lipinski definition) is 6. The summed E-state index contributed by atoms with van der Waals surface area (Å²) < 4.78 is 11.2. The zero-order chi connectivity index (χ0) is 25.7. The maximum Gasteiger partial charge on any atom is 0.340 e. The molecule has 0 aliphatic carbocycles. The number of phenols is 1. The Morgan fingerprint density at radius 2 is 1.83 bits per heavy atom. The average molecular weight is 488 g/mol. The number of carbonyl (C=O) groups excluding carboxylic acids is 1. The largest absolute Gasteiger partial charge is 0.508 e.